The van der Waals surface area contributed by atoms with Gasteiger partial charge in [0, 0.05) is 12.6 Å². The Bertz CT molecular complexity index is 302. The molecule has 0 atom stereocenters. The molecule has 1 amide bonds. The second-order valence-electron chi connectivity index (χ2n) is 7.16. The van der Waals surface area contributed by atoms with Crippen LogP contribution in [-0.2, 0) is 4.79 Å². The second-order valence-corrected chi connectivity index (χ2v) is 7.16. The molecule has 0 bridgehead atoms. The van der Waals surface area contributed by atoms with Crippen molar-refractivity contribution in [1.82, 2.24) is 10.6 Å². The molecule has 0 unspecified atom stereocenters. The third-order valence-electron chi connectivity index (χ3n) is 5.73. The highest BCUT2D eigenvalue weighted by atomic mass is 16.1. The number of hydrogen-bond acceptors (Lipinski definition) is 2. The summed E-state index contributed by atoms with van der Waals surface area (Å²) in [5.41, 5.74) is 0.721. The molecule has 0 aromatic heterocycles. The van der Waals surface area contributed by atoms with Crippen molar-refractivity contribution in [3.63, 3.8) is 0 Å². The molecular formula is C15H28N2O. The van der Waals surface area contributed by atoms with Crippen LogP contribution in [-0.4, -0.2) is 25.0 Å². The fourth-order valence-electron chi connectivity index (χ4n) is 3.49. The van der Waals surface area contributed by atoms with Crippen LogP contribution in [0.3, 0.4) is 0 Å². The maximum atomic E-state index is 11.8. The average Bonchev–Trinajstić information content (AvgIpc) is 2.71. The topological polar surface area (TPSA) is 41.1 Å². The Morgan fingerprint density at radius 3 is 2.17 bits per heavy atom. The van der Waals surface area contributed by atoms with E-state index >= 15 is 0 Å². The molecular weight excluding hydrogens is 224 g/mol. The van der Waals surface area contributed by atoms with Gasteiger partial charge >= 0.3 is 0 Å². The van der Waals surface area contributed by atoms with Crippen molar-refractivity contribution in [2.75, 3.05) is 13.1 Å². The minimum atomic E-state index is 0.153. The Balaban J connectivity index is 1.64. The highest BCUT2D eigenvalue weighted by Crippen LogP contribution is 2.67. The Morgan fingerprint density at radius 1 is 1.11 bits per heavy atom. The van der Waals surface area contributed by atoms with Crippen LogP contribution < -0.4 is 10.6 Å². The molecule has 2 fully saturated rings. The zero-order chi connectivity index (χ0) is 13.4. The van der Waals surface area contributed by atoms with E-state index in [1.54, 1.807) is 0 Å². The van der Waals surface area contributed by atoms with Gasteiger partial charge in [-0.25, -0.2) is 0 Å². The molecule has 0 aromatic rings. The summed E-state index contributed by atoms with van der Waals surface area (Å²) < 4.78 is 0. The molecule has 0 aromatic carbocycles. The van der Waals surface area contributed by atoms with E-state index in [1.807, 2.05) is 0 Å². The first-order valence-electron chi connectivity index (χ1n) is 7.36. The van der Waals surface area contributed by atoms with E-state index in [9.17, 15) is 4.79 Å². The van der Waals surface area contributed by atoms with Gasteiger partial charge in [0.15, 0.2) is 0 Å². The molecule has 18 heavy (non-hydrogen) atoms. The number of hydrogen-bond donors (Lipinski definition) is 2. The summed E-state index contributed by atoms with van der Waals surface area (Å²) in [6, 6.07) is 0.574. The molecule has 3 nitrogen and oxygen atoms in total. The van der Waals surface area contributed by atoms with Gasteiger partial charge in [0.2, 0.25) is 5.91 Å². The van der Waals surface area contributed by atoms with Gasteiger partial charge < -0.3 is 10.6 Å². The molecule has 0 aliphatic heterocycles. The quantitative estimate of drug-likeness (QED) is 0.788. The number of carbonyl (C=O) groups excluding carboxylic acids is 1. The standard InChI is InChI=1S/C15H28N2O/c1-14(2)12(15(14,3)4)9-17-13(18)10-16-11-7-5-6-8-11/h11-12,16H,5-10H2,1-4H3,(H,17,18). The third-order valence-corrected chi connectivity index (χ3v) is 5.73. The Hall–Kier alpha value is -0.570. The minimum Gasteiger partial charge on any atom is -0.355 e. The van der Waals surface area contributed by atoms with Gasteiger partial charge in [-0.15, -0.1) is 0 Å². The highest BCUT2D eigenvalue weighted by molar-refractivity contribution is 5.78. The molecule has 0 heterocycles. The zero-order valence-electron chi connectivity index (χ0n) is 12.3. The van der Waals surface area contributed by atoms with Gasteiger partial charge in [0.25, 0.3) is 0 Å². The van der Waals surface area contributed by atoms with Crippen LogP contribution in [0.15, 0.2) is 0 Å². The molecule has 2 aliphatic rings. The van der Waals surface area contributed by atoms with E-state index in [1.165, 1.54) is 25.7 Å². The highest BCUT2D eigenvalue weighted by Gasteiger charge is 2.64. The molecule has 2 rings (SSSR count). The molecule has 2 aliphatic carbocycles. The first kappa shape index (κ1) is 13.9. The fraction of sp³-hybridized carbons (Fsp3) is 0.933. The lowest BCUT2D eigenvalue weighted by molar-refractivity contribution is -0.120. The predicted octanol–water partition coefficient (Wildman–Crippen LogP) is 2.32. The van der Waals surface area contributed by atoms with Crippen LogP contribution in [0.5, 0.6) is 0 Å². The number of carbonyl (C=O) groups is 1. The lowest BCUT2D eigenvalue weighted by Crippen LogP contribution is -2.39. The van der Waals surface area contributed by atoms with E-state index in [4.69, 9.17) is 0 Å². The Kier molecular flexibility index (Phi) is 3.72. The normalized spacial score (nSPS) is 26.2. The summed E-state index contributed by atoms with van der Waals surface area (Å²) in [6.45, 7) is 10.5. The minimum absolute atomic E-state index is 0.153. The predicted molar refractivity (Wildman–Crippen MR) is 74.3 cm³/mol. The van der Waals surface area contributed by atoms with Crippen LogP contribution >= 0.6 is 0 Å². The van der Waals surface area contributed by atoms with Crippen molar-refractivity contribution in [1.29, 1.82) is 0 Å². The van der Waals surface area contributed by atoms with Crippen molar-refractivity contribution < 1.29 is 4.79 Å². The van der Waals surface area contributed by atoms with E-state index in [0.29, 0.717) is 29.3 Å². The van der Waals surface area contributed by atoms with E-state index < -0.39 is 0 Å². The van der Waals surface area contributed by atoms with Crippen LogP contribution in [0.1, 0.15) is 53.4 Å². The third kappa shape index (κ3) is 2.56. The van der Waals surface area contributed by atoms with Gasteiger partial charge in [-0.2, -0.15) is 0 Å². The zero-order valence-corrected chi connectivity index (χ0v) is 12.3. The summed E-state index contributed by atoms with van der Waals surface area (Å²) in [5.74, 6) is 0.765. The molecule has 2 N–H and O–H groups in total. The van der Waals surface area contributed by atoms with E-state index in [2.05, 4.69) is 38.3 Å². The molecule has 0 spiro atoms. The monoisotopic (exact) mass is 252 g/mol. The van der Waals surface area contributed by atoms with Crippen molar-refractivity contribution in [3.05, 3.63) is 0 Å². The molecule has 0 radical (unpaired) electrons. The van der Waals surface area contributed by atoms with Gasteiger partial charge in [0.05, 0.1) is 6.54 Å². The van der Waals surface area contributed by atoms with E-state index in [-0.39, 0.29) is 5.91 Å². The molecule has 0 saturated heterocycles. The maximum Gasteiger partial charge on any atom is 0.233 e. The van der Waals surface area contributed by atoms with Crippen LogP contribution in [0, 0.1) is 16.7 Å². The second kappa shape index (κ2) is 4.84. The molecule has 3 heteroatoms. The van der Waals surface area contributed by atoms with Gasteiger partial charge in [-0.1, -0.05) is 40.5 Å². The number of nitrogens with one attached hydrogen (secondary N) is 2. The molecule has 2 saturated carbocycles. The number of rotatable bonds is 5. The van der Waals surface area contributed by atoms with Crippen LogP contribution in [0.2, 0.25) is 0 Å². The lowest BCUT2D eigenvalue weighted by Gasteiger charge is -2.12. The Labute approximate surface area is 111 Å². The van der Waals surface area contributed by atoms with Gasteiger partial charge in [-0.05, 0) is 29.6 Å². The number of amides is 1. The summed E-state index contributed by atoms with van der Waals surface area (Å²) in [4.78, 5) is 11.8. The summed E-state index contributed by atoms with van der Waals surface area (Å²) in [6.07, 6.45) is 5.08. The van der Waals surface area contributed by atoms with Gasteiger partial charge in [0.1, 0.15) is 0 Å². The Morgan fingerprint density at radius 2 is 1.67 bits per heavy atom. The SMILES string of the molecule is CC1(C)C(CNC(=O)CNC2CCCC2)C1(C)C. The molecule has 104 valence electrons. The van der Waals surface area contributed by atoms with Crippen molar-refractivity contribution in [2.45, 2.75) is 59.4 Å². The van der Waals surface area contributed by atoms with Crippen molar-refractivity contribution in [3.8, 4) is 0 Å². The van der Waals surface area contributed by atoms with Gasteiger partial charge in [-0.3, -0.25) is 4.79 Å². The van der Waals surface area contributed by atoms with Crippen molar-refractivity contribution in [2.24, 2.45) is 16.7 Å². The van der Waals surface area contributed by atoms with Crippen molar-refractivity contribution >= 4 is 5.91 Å². The van der Waals surface area contributed by atoms with E-state index in [0.717, 1.165) is 6.54 Å². The first-order chi connectivity index (χ1) is 8.35. The fourth-order valence-corrected chi connectivity index (χ4v) is 3.49. The van der Waals surface area contributed by atoms with Crippen LogP contribution in [0.25, 0.3) is 0 Å². The first-order valence-corrected chi connectivity index (χ1v) is 7.36. The summed E-state index contributed by atoms with van der Waals surface area (Å²) >= 11 is 0. The summed E-state index contributed by atoms with van der Waals surface area (Å²) in [7, 11) is 0. The van der Waals surface area contributed by atoms with Crippen LogP contribution in [0.4, 0.5) is 0 Å². The smallest absolute Gasteiger partial charge is 0.233 e. The largest absolute Gasteiger partial charge is 0.355 e. The lowest BCUT2D eigenvalue weighted by atomic mass is 10.0. The average molecular weight is 252 g/mol. The summed E-state index contributed by atoms with van der Waals surface area (Å²) in [5, 5.41) is 6.43. The maximum absolute atomic E-state index is 11.8.